The zero-order valence-corrected chi connectivity index (χ0v) is 57.0. The van der Waals surface area contributed by atoms with Crippen molar-refractivity contribution in [1.29, 1.82) is 0 Å². The highest BCUT2D eigenvalue weighted by atomic mass is 16.6. The van der Waals surface area contributed by atoms with Crippen LogP contribution in [0.4, 0.5) is 0 Å². The number of carbonyl (C=O) groups excluding carboxylic acids is 3. The van der Waals surface area contributed by atoms with Crippen molar-refractivity contribution >= 4 is 17.9 Å². The van der Waals surface area contributed by atoms with Gasteiger partial charge in [0.2, 0.25) is 0 Å². The molecule has 0 N–H and O–H groups in total. The Morgan fingerprint density at radius 2 is 0.325 bits per heavy atom. The number of carbonyl (C=O) groups is 3. The van der Waals surface area contributed by atoms with Gasteiger partial charge < -0.3 is 14.2 Å². The largest absolute Gasteiger partial charge is 0.462 e. The molecule has 0 amide bonds. The van der Waals surface area contributed by atoms with Crippen LogP contribution < -0.4 is 0 Å². The van der Waals surface area contributed by atoms with Gasteiger partial charge in [-0.05, 0) is 19.3 Å². The molecule has 0 saturated heterocycles. The molecule has 0 heterocycles. The third-order valence-electron chi connectivity index (χ3n) is 18.1. The van der Waals surface area contributed by atoms with Crippen molar-refractivity contribution in [3.05, 3.63) is 0 Å². The molecule has 0 bridgehead atoms. The molecule has 0 aromatic heterocycles. The van der Waals surface area contributed by atoms with Crippen LogP contribution in [0.5, 0.6) is 0 Å². The van der Waals surface area contributed by atoms with Crippen molar-refractivity contribution in [2.24, 2.45) is 0 Å². The lowest BCUT2D eigenvalue weighted by atomic mass is 10.0. The summed E-state index contributed by atoms with van der Waals surface area (Å²) in [7, 11) is 0. The average molecular weight is 1170 g/mol. The van der Waals surface area contributed by atoms with Gasteiger partial charge in [0.1, 0.15) is 13.2 Å². The van der Waals surface area contributed by atoms with Gasteiger partial charge in [0, 0.05) is 19.3 Å². The van der Waals surface area contributed by atoms with E-state index in [1.165, 1.54) is 360 Å². The summed E-state index contributed by atoms with van der Waals surface area (Å²) in [6, 6.07) is 0. The first-order valence-corrected chi connectivity index (χ1v) is 38.5. The van der Waals surface area contributed by atoms with Crippen LogP contribution in [0, 0.1) is 0 Å². The summed E-state index contributed by atoms with van der Waals surface area (Å²) in [6.07, 6.45) is 87.6. The minimum Gasteiger partial charge on any atom is -0.462 e. The number of esters is 3. The highest BCUT2D eigenvalue weighted by molar-refractivity contribution is 5.71. The van der Waals surface area contributed by atoms with E-state index in [2.05, 4.69) is 20.8 Å². The summed E-state index contributed by atoms with van der Waals surface area (Å²) >= 11 is 0. The van der Waals surface area contributed by atoms with E-state index in [0.717, 1.165) is 57.8 Å². The van der Waals surface area contributed by atoms with Gasteiger partial charge in [0.25, 0.3) is 0 Å². The van der Waals surface area contributed by atoms with Crippen LogP contribution in [0.3, 0.4) is 0 Å². The molecule has 83 heavy (non-hydrogen) atoms. The molecule has 6 heteroatoms. The Hall–Kier alpha value is -1.59. The Morgan fingerprint density at radius 1 is 0.193 bits per heavy atom. The fourth-order valence-corrected chi connectivity index (χ4v) is 12.3. The summed E-state index contributed by atoms with van der Waals surface area (Å²) in [5.74, 6) is -0.824. The smallest absolute Gasteiger partial charge is 0.306 e. The first-order chi connectivity index (χ1) is 41.0. The van der Waals surface area contributed by atoms with Crippen LogP contribution in [-0.2, 0) is 28.6 Å². The molecule has 0 saturated carbocycles. The second-order valence-corrected chi connectivity index (χ2v) is 26.6. The average Bonchev–Trinajstić information content (AvgIpc) is 3.49. The third kappa shape index (κ3) is 71.1. The van der Waals surface area contributed by atoms with Gasteiger partial charge >= 0.3 is 17.9 Å². The number of unbranched alkanes of at least 4 members (excludes halogenated alkanes) is 62. The van der Waals surface area contributed by atoms with Crippen molar-refractivity contribution in [2.45, 2.75) is 463 Å². The van der Waals surface area contributed by atoms with Gasteiger partial charge in [-0.3, -0.25) is 14.4 Å². The molecular formula is C77H150O6. The van der Waals surface area contributed by atoms with Crippen LogP contribution in [-0.4, -0.2) is 37.2 Å². The monoisotopic (exact) mass is 1170 g/mol. The molecule has 0 aliphatic carbocycles. The lowest BCUT2D eigenvalue weighted by Crippen LogP contribution is -2.30. The van der Waals surface area contributed by atoms with Crippen LogP contribution in [0.1, 0.15) is 457 Å². The van der Waals surface area contributed by atoms with E-state index in [0.29, 0.717) is 19.3 Å². The summed E-state index contributed by atoms with van der Waals surface area (Å²) in [6.45, 7) is 6.72. The molecule has 1 atom stereocenters. The van der Waals surface area contributed by atoms with E-state index in [1.54, 1.807) is 0 Å². The van der Waals surface area contributed by atoms with E-state index in [1.807, 2.05) is 0 Å². The SMILES string of the molecule is CCCCCCCCCCCCCCCCCCCCCCCCCCCCCCCCCCCCC(=O)OCC(COC(=O)CCCCCCCCCCC)OC(=O)CCCCCCCCCCCCCCCCCCCCCCCC. The van der Waals surface area contributed by atoms with Crippen molar-refractivity contribution in [3.8, 4) is 0 Å². The summed E-state index contributed by atoms with van der Waals surface area (Å²) < 4.78 is 17.0. The number of ether oxygens (including phenoxy) is 3. The molecule has 0 aromatic carbocycles. The van der Waals surface area contributed by atoms with Crippen LogP contribution in [0.25, 0.3) is 0 Å². The predicted octanol–water partition coefficient (Wildman–Crippen LogP) is 26.6. The molecule has 6 nitrogen and oxygen atoms in total. The number of rotatable bonds is 73. The number of hydrogen-bond acceptors (Lipinski definition) is 6. The Bertz CT molecular complexity index is 1250. The minimum absolute atomic E-state index is 0.0606. The van der Waals surface area contributed by atoms with Crippen LogP contribution >= 0.6 is 0 Å². The molecule has 0 aliphatic rings. The molecule has 0 fully saturated rings. The Labute approximate surface area is 520 Å². The first kappa shape index (κ1) is 81.4. The maximum atomic E-state index is 12.9. The summed E-state index contributed by atoms with van der Waals surface area (Å²) in [5, 5.41) is 0. The Balaban J connectivity index is 3.97. The van der Waals surface area contributed by atoms with E-state index < -0.39 is 6.10 Å². The molecule has 0 spiro atoms. The molecule has 494 valence electrons. The Kier molecular flexibility index (Phi) is 71.5. The molecular weight excluding hydrogens is 1020 g/mol. The lowest BCUT2D eigenvalue weighted by Gasteiger charge is -2.18. The van der Waals surface area contributed by atoms with Gasteiger partial charge in [-0.1, -0.05) is 419 Å². The standard InChI is InChI=1S/C77H150O6/c1-4-7-10-13-16-19-21-23-25-27-29-31-33-34-35-36-37-38-39-40-41-42-43-44-46-47-49-51-53-55-58-61-64-67-70-76(79)82-73-74(72-81-75(78)69-66-63-60-57-18-15-12-9-6-3)83-77(80)71-68-65-62-59-56-54-52-50-48-45-32-30-28-26-24-22-20-17-14-11-8-5-2/h74H,4-73H2,1-3H3. The summed E-state index contributed by atoms with van der Waals surface area (Å²) in [4.78, 5) is 38.3. The topological polar surface area (TPSA) is 78.9 Å². The van der Waals surface area contributed by atoms with Crippen LogP contribution in [0.2, 0.25) is 0 Å². The zero-order valence-electron chi connectivity index (χ0n) is 57.0. The van der Waals surface area contributed by atoms with Crippen molar-refractivity contribution < 1.29 is 28.6 Å². The van der Waals surface area contributed by atoms with E-state index in [9.17, 15) is 14.4 Å². The van der Waals surface area contributed by atoms with Gasteiger partial charge in [0.05, 0.1) is 0 Å². The van der Waals surface area contributed by atoms with Crippen molar-refractivity contribution in [3.63, 3.8) is 0 Å². The van der Waals surface area contributed by atoms with Gasteiger partial charge in [-0.2, -0.15) is 0 Å². The molecule has 0 aromatic rings. The predicted molar refractivity (Wildman–Crippen MR) is 363 cm³/mol. The quantitative estimate of drug-likeness (QED) is 0.0343. The third-order valence-corrected chi connectivity index (χ3v) is 18.1. The maximum absolute atomic E-state index is 12.9. The van der Waals surface area contributed by atoms with E-state index >= 15 is 0 Å². The number of hydrogen-bond donors (Lipinski definition) is 0. The molecule has 0 radical (unpaired) electrons. The molecule has 0 aliphatic heterocycles. The fraction of sp³-hybridized carbons (Fsp3) is 0.961. The second-order valence-electron chi connectivity index (χ2n) is 26.6. The second kappa shape index (κ2) is 72.9. The molecule has 0 rings (SSSR count). The van der Waals surface area contributed by atoms with E-state index in [-0.39, 0.29) is 31.1 Å². The van der Waals surface area contributed by atoms with Gasteiger partial charge in [-0.15, -0.1) is 0 Å². The van der Waals surface area contributed by atoms with E-state index in [4.69, 9.17) is 14.2 Å². The first-order valence-electron chi connectivity index (χ1n) is 38.5. The zero-order chi connectivity index (χ0) is 59.9. The van der Waals surface area contributed by atoms with Gasteiger partial charge in [0.15, 0.2) is 6.10 Å². The Morgan fingerprint density at radius 3 is 0.482 bits per heavy atom. The van der Waals surface area contributed by atoms with Crippen molar-refractivity contribution in [2.75, 3.05) is 13.2 Å². The van der Waals surface area contributed by atoms with Gasteiger partial charge in [-0.25, -0.2) is 0 Å². The highest BCUT2D eigenvalue weighted by Gasteiger charge is 2.20. The van der Waals surface area contributed by atoms with Crippen LogP contribution in [0.15, 0.2) is 0 Å². The fourth-order valence-electron chi connectivity index (χ4n) is 12.3. The maximum Gasteiger partial charge on any atom is 0.306 e. The van der Waals surface area contributed by atoms with Crippen molar-refractivity contribution in [1.82, 2.24) is 0 Å². The molecule has 1 unspecified atom stereocenters. The normalized spacial score (nSPS) is 11.9. The lowest BCUT2D eigenvalue weighted by molar-refractivity contribution is -0.167. The summed E-state index contributed by atoms with van der Waals surface area (Å²) in [5.41, 5.74) is 0. The highest BCUT2D eigenvalue weighted by Crippen LogP contribution is 2.20. The minimum atomic E-state index is -0.763.